The van der Waals surface area contributed by atoms with Gasteiger partial charge in [0.1, 0.15) is 0 Å². The molecule has 1 aromatic heterocycles. The molecular formula is C18H24ClN5O. The maximum atomic E-state index is 12.9. The summed E-state index contributed by atoms with van der Waals surface area (Å²) in [6, 6.07) is 10.5. The number of piperidine rings is 1. The number of halogens is 1. The number of nitrogens with zero attached hydrogens (tertiary/aromatic N) is 2. The van der Waals surface area contributed by atoms with Gasteiger partial charge in [-0.25, -0.2) is 0 Å². The molecule has 3 heterocycles. The van der Waals surface area contributed by atoms with E-state index in [1.807, 2.05) is 23.1 Å². The number of benzene rings is 1. The number of likely N-dealkylation sites (tertiary alicyclic amines) is 1. The van der Waals surface area contributed by atoms with Gasteiger partial charge in [0.2, 0.25) is 0 Å². The molecule has 6 nitrogen and oxygen atoms in total. The van der Waals surface area contributed by atoms with Gasteiger partial charge >= 0.3 is 0 Å². The van der Waals surface area contributed by atoms with Crippen LogP contribution in [0.2, 0.25) is 0 Å². The zero-order chi connectivity index (χ0) is 16.4. The number of hydrogen-bond donors (Lipinski definition) is 3. The quantitative estimate of drug-likeness (QED) is 0.783. The van der Waals surface area contributed by atoms with Crippen LogP contribution in [0.15, 0.2) is 30.3 Å². The molecule has 1 fully saturated rings. The Morgan fingerprint density at radius 3 is 2.96 bits per heavy atom. The van der Waals surface area contributed by atoms with E-state index in [0.29, 0.717) is 5.69 Å². The predicted octanol–water partition coefficient (Wildman–Crippen LogP) is 2.19. The lowest BCUT2D eigenvalue weighted by molar-refractivity contribution is 0.0707. The van der Waals surface area contributed by atoms with Crippen LogP contribution in [-0.2, 0) is 13.0 Å². The first kappa shape index (κ1) is 17.8. The average Bonchev–Trinajstić information content (AvgIpc) is 3.06. The summed E-state index contributed by atoms with van der Waals surface area (Å²) in [5.74, 6) is 0.0516. The molecule has 2 aliphatic heterocycles. The van der Waals surface area contributed by atoms with Crippen molar-refractivity contribution in [1.29, 1.82) is 0 Å². The van der Waals surface area contributed by atoms with E-state index in [1.165, 1.54) is 0 Å². The number of carbonyl (C=O) groups excluding carboxylic acids is 1. The van der Waals surface area contributed by atoms with E-state index in [1.54, 1.807) is 0 Å². The largest absolute Gasteiger partial charge is 0.381 e. The van der Waals surface area contributed by atoms with E-state index in [0.717, 1.165) is 62.4 Å². The van der Waals surface area contributed by atoms with Gasteiger partial charge in [-0.3, -0.25) is 9.89 Å². The summed E-state index contributed by atoms with van der Waals surface area (Å²) in [5.41, 5.74) is 3.85. The number of nitrogens with one attached hydrogen (secondary N) is 3. The molecule has 7 heteroatoms. The highest BCUT2D eigenvalue weighted by Crippen LogP contribution is 2.21. The molecule has 1 aromatic carbocycles. The highest BCUT2D eigenvalue weighted by Gasteiger charge is 2.29. The number of aromatic nitrogens is 2. The minimum Gasteiger partial charge on any atom is -0.381 e. The second-order valence-corrected chi connectivity index (χ2v) is 6.56. The Labute approximate surface area is 153 Å². The van der Waals surface area contributed by atoms with Crippen molar-refractivity contribution in [3.8, 4) is 0 Å². The molecular weight excluding hydrogens is 338 g/mol. The zero-order valence-corrected chi connectivity index (χ0v) is 14.9. The van der Waals surface area contributed by atoms with Gasteiger partial charge in [-0.1, -0.05) is 18.2 Å². The lowest BCUT2D eigenvalue weighted by Crippen LogP contribution is -2.45. The van der Waals surface area contributed by atoms with Gasteiger partial charge in [-0.05, 0) is 25.0 Å². The first-order chi connectivity index (χ1) is 11.8. The lowest BCUT2D eigenvalue weighted by Gasteiger charge is -2.33. The standard InChI is InChI=1S/C18H23N5O.ClH/c24-18(17-15-11-19-9-8-16(15)21-22-17)23-10-4-7-14(12-23)20-13-5-2-1-3-6-13;/h1-3,5-6,14,19-20H,4,7-12H2,(H,21,22);1H. The van der Waals surface area contributed by atoms with Crippen LogP contribution in [0, 0.1) is 0 Å². The molecule has 0 aliphatic carbocycles. The molecule has 1 unspecified atom stereocenters. The van der Waals surface area contributed by atoms with Crippen LogP contribution in [0.25, 0.3) is 0 Å². The Hall–Kier alpha value is -2.05. The van der Waals surface area contributed by atoms with Crippen molar-refractivity contribution in [3.05, 3.63) is 47.3 Å². The molecule has 0 saturated carbocycles. The minimum atomic E-state index is 0. The molecule has 0 radical (unpaired) electrons. The molecule has 3 N–H and O–H groups in total. The number of para-hydroxylation sites is 1. The number of anilines is 1. The predicted molar refractivity (Wildman–Crippen MR) is 100 cm³/mol. The maximum Gasteiger partial charge on any atom is 0.274 e. The van der Waals surface area contributed by atoms with Crippen molar-refractivity contribution in [2.75, 3.05) is 25.0 Å². The molecule has 1 amide bonds. The first-order valence-corrected chi connectivity index (χ1v) is 8.69. The van der Waals surface area contributed by atoms with Crippen LogP contribution in [0.1, 0.15) is 34.6 Å². The van der Waals surface area contributed by atoms with Gasteiger partial charge in [0, 0.05) is 55.6 Å². The Morgan fingerprint density at radius 1 is 1.28 bits per heavy atom. The normalized spacial score (nSPS) is 19.7. The average molecular weight is 362 g/mol. The highest BCUT2D eigenvalue weighted by atomic mass is 35.5. The fourth-order valence-corrected chi connectivity index (χ4v) is 3.60. The van der Waals surface area contributed by atoms with Crippen LogP contribution in [-0.4, -0.2) is 46.7 Å². The van der Waals surface area contributed by atoms with Crippen LogP contribution >= 0.6 is 12.4 Å². The summed E-state index contributed by atoms with van der Waals surface area (Å²) in [6.45, 7) is 3.20. The molecule has 2 aromatic rings. The lowest BCUT2D eigenvalue weighted by atomic mass is 10.0. The van der Waals surface area contributed by atoms with Crippen LogP contribution < -0.4 is 10.6 Å². The van der Waals surface area contributed by atoms with Gasteiger partial charge in [-0.15, -0.1) is 12.4 Å². The summed E-state index contributed by atoms with van der Waals surface area (Å²) >= 11 is 0. The van der Waals surface area contributed by atoms with Crippen molar-refractivity contribution in [2.45, 2.75) is 31.8 Å². The fraction of sp³-hybridized carbons (Fsp3) is 0.444. The van der Waals surface area contributed by atoms with Crippen molar-refractivity contribution < 1.29 is 4.79 Å². The summed E-state index contributed by atoms with van der Waals surface area (Å²) in [7, 11) is 0. The molecule has 4 rings (SSSR count). The maximum absolute atomic E-state index is 12.9. The number of H-pyrrole nitrogens is 1. The monoisotopic (exact) mass is 361 g/mol. The zero-order valence-electron chi connectivity index (χ0n) is 14.1. The third kappa shape index (κ3) is 3.80. The van der Waals surface area contributed by atoms with Crippen molar-refractivity contribution in [2.24, 2.45) is 0 Å². The Balaban J connectivity index is 0.00000182. The van der Waals surface area contributed by atoms with E-state index >= 15 is 0 Å². The van der Waals surface area contributed by atoms with Crippen molar-refractivity contribution >= 4 is 24.0 Å². The highest BCUT2D eigenvalue weighted by molar-refractivity contribution is 5.94. The summed E-state index contributed by atoms with van der Waals surface area (Å²) in [6.07, 6.45) is 3.01. The van der Waals surface area contributed by atoms with Gasteiger partial charge in [0.15, 0.2) is 5.69 Å². The Kier molecular flexibility index (Phi) is 5.60. The molecule has 1 atom stereocenters. The number of carbonyl (C=O) groups is 1. The van der Waals surface area contributed by atoms with Crippen LogP contribution in [0.4, 0.5) is 5.69 Å². The van der Waals surface area contributed by atoms with Crippen LogP contribution in [0.5, 0.6) is 0 Å². The van der Waals surface area contributed by atoms with E-state index in [4.69, 9.17) is 0 Å². The Bertz CT molecular complexity index is 718. The molecule has 25 heavy (non-hydrogen) atoms. The fourth-order valence-electron chi connectivity index (χ4n) is 3.60. The van der Waals surface area contributed by atoms with E-state index in [-0.39, 0.29) is 24.4 Å². The van der Waals surface area contributed by atoms with E-state index in [9.17, 15) is 4.79 Å². The molecule has 2 aliphatic rings. The van der Waals surface area contributed by atoms with Crippen molar-refractivity contribution in [1.82, 2.24) is 20.4 Å². The topological polar surface area (TPSA) is 73.0 Å². The van der Waals surface area contributed by atoms with Crippen molar-refractivity contribution in [3.63, 3.8) is 0 Å². The third-order valence-electron chi connectivity index (χ3n) is 4.86. The van der Waals surface area contributed by atoms with E-state index in [2.05, 4.69) is 33.0 Å². The third-order valence-corrected chi connectivity index (χ3v) is 4.86. The van der Waals surface area contributed by atoms with E-state index < -0.39 is 0 Å². The van der Waals surface area contributed by atoms with Gasteiger partial charge in [0.05, 0.1) is 0 Å². The minimum absolute atomic E-state index is 0. The molecule has 1 saturated heterocycles. The number of hydrogen-bond acceptors (Lipinski definition) is 4. The molecule has 0 bridgehead atoms. The summed E-state index contributed by atoms with van der Waals surface area (Å²) in [5, 5.41) is 14.2. The number of rotatable bonds is 3. The second-order valence-electron chi connectivity index (χ2n) is 6.56. The summed E-state index contributed by atoms with van der Waals surface area (Å²) in [4.78, 5) is 14.9. The van der Waals surface area contributed by atoms with Gasteiger partial charge in [0.25, 0.3) is 5.91 Å². The number of amides is 1. The number of aromatic amines is 1. The number of fused-ring (bicyclic) bond motifs is 1. The SMILES string of the molecule is Cl.O=C(c1n[nH]c2c1CNCC2)N1CCCC(Nc2ccccc2)C1. The second kappa shape index (κ2) is 7.89. The van der Waals surface area contributed by atoms with Crippen LogP contribution in [0.3, 0.4) is 0 Å². The van der Waals surface area contributed by atoms with Gasteiger partial charge < -0.3 is 15.5 Å². The summed E-state index contributed by atoms with van der Waals surface area (Å²) < 4.78 is 0. The first-order valence-electron chi connectivity index (χ1n) is 8.69. The molecule has 0 spiro atoms. The van der Waals surface area contributed by atoms with Gasteiger partial charge in [-0.2, -0.15) is 5.10 Å². The molecule has 134 valence electrons. The smallest absolute Gasteiger partial charge is 0.274 e. The Morgan fingerprint density at radius 2 is 2.12 bits per heavy atom.